The number of carbonyl (C=O) groups is 2. The summed E-state index contributed by atoms with van der Waals surface area (Å²) in [7, 11) is -26.4. The zero-order valence-electron chi connectivity index (χ0n) is 45.6. The lowest BCUT2D eigenvalue weighted by molar-refractivity contribution is -0.438. The molecule has 0 aliphatic carbocycles. The van der Waals surface area contributed by atoms with Crippen LogP contribution in [0.5, 0.6) is 0 Å². The van der Waals surface area contributed by atoms with Crippen molar-refractivity contribution in [3.8, 4) is 0 Å². The van der Waals surface area contributed by atoms with Crippen molar-refractivity contribution in [2.45, 2.75) is 131 Å². The maximum Gasteiger partial charge on any atom is 0.490 e. The highest BCUT2D eigenvalue weighted by Gasteiger charge is 2.48. The highest BCUT2D eigenvalue weighted by atomic mass is 32.2. The zero-order chi connectivity index (χ0) is 61.7. The summed E-state index contributed by atoms with van der Waals surface area (Å²) >= 11 is 0. The fourth-order valence-corrected chi connectivity index (χ4v) is 13.9. The maximum absolute atomic E-state index is 12.8. The van der Waals surface area contributed by atoms with E-state index in [1.807, 2.05) is 57.8 Å². The summed E-state index contributed by atoms with van der Waals surface area (Å²) < 4.78 is 124. The third kappa shape index (κ3) is 17.1. The van der Waals surface area contributed by atoms with Gasteiger partial charge in [0, 0.05) is 79.6 Å². The molecule has 3 aromatic rings. The number of nitrogens with one attached hydrogen (secondary N) is 3. The van der Waals surface area contributed by atoms with Gasteiger partial charge in [-0.25, -0.2) is 26.9 Å². The molecular formula is C49H67N6O23P3S2. The van der Waals surface area contributed by atoms with E-state index in [2.05, 4.69) is 33.3 Å². The maximum atomic E-state index is 12.8. The number of nitrogens with zero attached hydrogens (tertiary/aromatic N) is 3. The molecule has 6 rings (SSSR count). The van der Waals surface area contributed by atoms with Crippen LogP contribution in [0.25, 0.3) is 6.08 Å². The molecule has 0 spiro atoms. The van der Waals surface area contributed by atoms with Crippen molar-refractivity contribution in [2.75, 3.05) is 37.7 Å². The number of phosphoric ester groups is 1. The molecule has 10 N–H and O–H groups in total. The first-order valence-corrected chi connectivity index (χ1v) is 33.2. The summed E-state index contributed by atoms with van der Waals surface area (Å²) in [6, 6.07) is 8.87. The van der Waals surface area contributed by atoms with Crippen molar-refractivity contribution in [2.24, 2.45) is 0 Å². The first kappa shape index (κ1) is 67.0. The Morgan fingerprint density at radius 1 is 0.831 bits per heavy atom. The van der Waals surface area contributed by atoms with Gasteiger partial charge in [0.1, 0.15) is 35.0 Å². The average molecular weight is 1270 g/mol. The number of hydrogen-bond donors (Lipinski definition) is 10. The van der Waals surface area contributed by atoms with Gasteiger partial charge in [-0.2, -0.15) is 21.6 Å². The SMILES string of the molecule is CCN1C(=CC=CC2=[N+](CCCCCC(=O)NCCCCCC(=O)NCC=Cc3cn([C@@H]4O[C@H](COP(=O)(O)OP(=O)(O)OP(=O)(O)O)[C@@H](O)[C@H]4O)c(=O)[nH]c3=O)c3ccc(S(=O)(=O)O)cc3C2(C)C)C(C)(C)c2cc(S(=O)(=O)[O-])ccc21. The van der Waals surface area contributed by atoms with E-state index >= 15 is 0 Å². The lowest BCUT2D eigenvalue weighted by atomic mass is 9.81. The van der Waals surface area contributed by atoms with Gasteiger partial charge in [0.15, 0.2) is 11.9 Å². The number of benzene rings is 2. The molecule has 2 unspecified atom stereocenters. The molecule has 1 fully saturated rings. The molecule has 0 saturated carbocycles. The normalized spacial score (nSPS) is 21.6. The summed E-state index contributed by atoms with van der Waals surface area (Å²) in [4.78, 5) is 90.4. The number of ether oxygens (including phenoxy) is 1. The fraction of sp³-hybridized carbons (Fsp3) is 0.490. The second kappa shape index (κ2) is 26.6. The number of fused-ring (bicyclic) bond motifs is 2. The molecule has 4 heterocycles. The number of amides is 2. The highest BCUT2D eigenvalue weighted by Crippen LogP contribution is 2.66. The van der Waals surface area contributed by atoms with E-state index in [1.54, 1.807) is 12.1 Å². The first-order valence-electron chi connectivity index (χ1n) is 25.9. The lowest BCUT2D eigenvalue weighted by Gasteiger charge is -2.25. The van der Waals surface area contributed by atoms with Gasteiger partial charge in [-0.05, 0) is 88.4 Å². The van der Waals surface area contributed by atoms with Gasteiger partial charge in [0.25, 0.3) is 15.7 Å². The Kier molecular flexibility index (Phi) is 21.5. The molecule has 1 saturated heterocycles. The van der Waals surface area contributed by atoms with Crippen LogP contribution < -0.4 is 26.8 Å². The van der Waals surface area contributed by atoms with Gasteiger partial charge in [-0.15, -0.1) is 0 Å². The summed E-state index contributed by atoms with van der Waals surface area (Å²) in [5.74, 6) is -0.455. The monoisotopic (exact) mass is 1260 g/mol. The number of aliphatic hydroxyl groups excluding tert-OH is 2. The molecule has 458 valence electrons. The Balaban J connectivity index is 0.934. The molecule has 2 amide bonds. The number of anilines is 1. The number of allylic oxidation sites excluding steroid dienone is 4. The molecule has 34 heteroatoms. The lowest BCUT2D eigenvalue weighted by Crippen LogP contribution is -2.38. The number of aromatic nitrogens is 2. The van der Waals surface area contributed by atoms with Crippen molar-refractivity contribution in [3.63, 3.8) is 0 Å². The molecule has 3 aliphatic rings. The molecule has 29 nitrogen and oxygen atoms in total. The summed E-state index contributed by atoms with van der Waals surface area (Å²) in [6.45, 7) is 10.1. The van der Waals surface area contributed by atoms with E-state index < -0.39 is 96.9 Å². The fourth-order valence-electron chi connectivity index (χ4n) is 9.90. The number of aromatic amines is 1. The molecular weight excluding hydrogens is 1200 g/mol. The standard InChI is InChI=1S/C49H67N6O23P3S2/c1-6-53-36-22-20-32(82(69,70)71)27-34(36)48(2,3)39(53)16-13-17-40-49(4,5)35-28-33(83(72,73)74)21-23-37(35)54(40)26-12-8-10-19-41(56)50-24-11-7-9-18-42(57)51-25-14-15-31-29-55(47(61)52-45(31)60)46-44(59)43(58)38(76-46)30-75-80(65,66)78-81(67,68)77-79(62,63)64/h13-17,20-23,27-29,38,43-44,46,58-59H,6-12,18-19,24-26,30H2,1-5H3,(H8-,50,51,52,56,57,60,61,62,63,64,65,66,67,68,69,70,71,72,73,74)/t38-,43-,44-,46-/m1/s1. The minimum absolute atomic E-state index is 0.0489. The molecule has 1 aromatic heterocycles. The first-order chi connectivity index (χ1) is 38.5. The molecule has 0 bridgehead atoms. The van der Waals surface area contributed by atoms with Crippen LogP contribution in [0.3, 0.4) is 0 Å². The van der Waals surface area contributed by atoms with Crippen molar-refractivity contribution in [1.82, 2.24) is 20.2 Å². The molecule has 83 heavy (non-hydrogen) atoms. The Hall–Kier alpha value is -5.14. The molecule has 0 radical (unpaired) electrons. The predicted octanol–water partition coefficient (Wildman–Crippen LogP) is 3.35. The van der Waals surface area contributed by atoms with Crippen LogP contribution in [0.15, 0.2) is 92.0 Å². The van der Waals surface area contributed by atoms with Gasteiger partial charge >= 0.3 is 29.2 Å². The Morgan fingerprint density at radius 2 is 1.47 bits per heavy atom. The summed E-state index contributed by atoms with van der Waals surface area (Å²) in [5, 5.41) is 26.6. The van der Waals surface area contributed by atoms with E-state index in [9.17, 15) is 78.8 Å². The predicted molar refractivity (Wildman–Crippen MR) is 296 cm³/mol. The van der Waals surface area contributed by atoms with Crippen molar-refractivity contribution in [3.05, 3.63) is 110 Å². The van der Waals surface area contributed by atoms with E-state index in [1.165, 1.54) is 36.4 Å². The number of aliphatic hydroxyl groups is 2. The van der Waals surface area contributed by atoms with Crippen LogP contribution in [-0.4, -0.2) is 138 Å². The average Bonchev–Trinajstić information content (AvgIpc) is 1.95. The van der Waals surface area contributed by atoms with Crippen LogP contribution in [0.1, 0.15) is 109 Å². The van der Waals surface area contributed by atoms with E-state index in [4.69, 9.17) is 14.5 Å². The van der Waals surface area contributed by atoms with Gasteiger partial charge in [0.05, 0.1) is 27.4 Å². The quantitative estimate of drug-likeness (QED) is 0.0216. The minimum atomic E-state index is -5.86. The Labute approximate surface area is 477 Å². The number of unbranched alkanes of at least 4 members (excludes halogenated alkanes) is 4. The van der Waals surface area contributed by atoms with Crippen LogP contribution in [-0.2, 0) is 72.2 Å². The summed E-state index contributed by atoms with van der Waals surface area (Å²) in [6.07, 6.45) is 6.12. The number of hydrogen-bond acceptors (Lipinski definition) is 19. The number of rotatable bonds is 28. The second-order valence-electron chi connectivity index (χ2n) is 20.6. The smallest absolute Gasteiger partial charge is 0.490 e. The topological polar surface area (TPSA) is 440 Å². The van der Waals surface area contributed by atoms with Gasteiger partial charge in [0.2, 0.25) is 17.5 Å². The molecule has 2 aromatic carbocycles. The van der Waals surface area contributed by atoms with Gasteiger partial charge in [-0.3, -0.25) is 33.0 Å². The van der Waals surface area contributed by atoms with E-state index in [-0.39, 0.29) is 46.6 Å². The number of likely N-dealkylation sites (N-methyl/N-ethyl adjacent to an activating group) is 1. The summed E-state index contributed by atoms with van der Waals surface area (Å²) in [5.41, 5.74) is 1.12. The second-order valence-corrected chi connectivity index (χ2v) is 27.8. The minimum Gasteiger partial charge on any atom is -0.744 e. The van der Waals surface area contributed by atoms with Gasteiger partial charge < -0.3 is 54.6 Å². The van der Waals surface area contributed by atoms with Crippen LogP contribution in [0.2, 0.25) is 0 Å². The van der Waals surface area contributed by atoms with Crippen LogP contribution in [0.4, 0.5) is 11.4 Å². The number of H-pyrrole nitrogens is 1. The third-order valence-electron chi connectivity index (χ3n) is 14.0. The molecule has 3 aliphatic heterocycles. The molecule has 6 atom stereocenters. The van der Waals surface area contributed by atoms with Crippen molar-refractivity contribution in [1.29, 1.82) is 0 Å². The van der Waals surface area contributed by atoms with E-state index in [0.29, 0.717) is 73.9 Å². The van der Waals surface area contributed by atoms with Gasteiger partial charge in [-0.1, -0.05) is 38.5 Å². The van der Waals surface area contributed by atoms with Crippen molar-refractivity contribution >= 4 is 78.7 Å². The Morgan fingerprint density at radius 3 is 2.11 bits per heavy atom. The number of carbonyl (C=O) groups excluding carboxylic acids is 2. The largest absolute Gasteiger partial charge is 0.744 e. The highest BCUT2D eigenvalue weighted by molar-refractivity contribution is 7.86. The van der Waals surface area contributed by atoms with Crippen LogP contribution in [0, 0.1) is 0 Å². The third-order valence-corrected chi connectivity index (χ3v) is 19.4. The van der Waals surface area contributed by atoms with Crippen LogP contribution >= 0.6 is 23.5 Å². The zero-order valence-corrected chi connectivity index (χ0v) is 49.9. The number of phosphoric acid groups is 3. The Bertz CT molecular complexity index is 3590. The van der Waals surface area contributed by atoms with Crippen molar-refractivity contribution < 1.29 is 101 Å². The van der Waals surface area contributed by atoms with E-state index in [0.717, 1.165) is 29.0 Å².